The second-order valence-corrected chi connectivity index (χ2v) is 10.2. The van der Waals surface area contributed by atoms with E-state index in [1.807, 2.05) is 45.0 Å². The van der Waals surface area contributed by atoms with Crippen LogP contribution in [0.25, 0.3) is 11.5 Å². The molecule has 2 amide bonds. The molecular weight excluding hydrogens is 440 g/mol. The van der Waals surface area contributed by atoms with E-state index in [4.69, 9.17) is 4.42 Å². The van der Waals surface area contributed by atoms with Gasteiger partial charge in [0.1, 0.15) is 16.9 Å². The number of nitrogens with zero attached hydrogens (tertiary/aromatic N) is 3. The standard InChI is InChI=1S/C28H34N4O3/c1-19-13-14-22(16-20(19)2)32-26(33)24-17-23(25-12-9-15-35-25)30-31(24)18-28(32,3)27(34)29-21-10-7-5-4-6-8-11-21/h9,12-17,21H,4-8,10-11,18H2,1-3H3,(H,29,34)/t28-/m0/s1. The Morgan fingerprint density at radius 2 is 1.80 bits per heavy atom. The summed E-state index contributed by atoms with van der Waals surface area (Å²) in [7, 11) is 0. The predicted octanol–water partition coefficient (Wildman–Crippen LogP) is 5.41. The van der Waals surface area contributed by atoms with Gasteiger partial charge < -0.3 is 9.73 Å². The topological polar surface area (TPSA) is 80.4 Å². The first-order valence-corrected chi connectivity index (χ1v) is 12.7. The van der Waals surface area contributed by atoms with Gasteiger partial charge in [0, 0.05) is 17.8 Å². The summed E-state index contributed by atoms with van der Waals surface area (Å²) < 4.78 is 7.18. The van der Waals surface area contributed by atoms with Gasteiger partial charge in [-0.05, 0) is 69.0 Å². The molecule has 0 saturated heterocycles. The number of carbonyl (C=O) groups is 2. The molecule has 3 heterocycles. The Labute approximate surface area is 206 Å². The maximum Gasteiger partial charge on any atom is 0.277 e. The summed E-state index contributed by atoms with van der Waals surface area (Å²) in [5.41, 5.74) is 2.85. The van der Waals surface area contributed by atoms with E-state index in [0.29, 0.717) is 17.1 Å². The molecule has 3 aromatic rings. The number of furan rings is 1. The fourth-order valence-corrected chi connectivity index (χ4v) is 5.34. The van der Waals surface area contributed by atoms with E-state index in [1.54, 1.807) is 28.0 Å². The number of hydrogen-bond acceptors (Lipinski definition) is 4. The molecule has 7 nitrogen and oxygen atoms in total. The highest BCUT2D eigenvalue weighted by Crippen LogP contribution is 2.35. The molecule has 2 aliphatic rings. The normalized spacial score (nSPS) is 21.3. The van der Waals surface area contributed by atoms with Gasteiger partial charge >= 0.3 is 0 Å². The first-order valence-electron chi connectivity index (χ1n) is 12.7. The number of carbonyl (C=O) groups excluding carboxylic acids is 2. The lowest BCUT2D eigenvalue weighted by atomic mass is 9.91. The molecule has 0 radical (unpaired) electrons. The van der Waals surface area contributed by atoms with E-state index >= 15 is 0 Å². The van der Waals surface area contributed by atoms with Crippen LogP contribution in [0.5, 0.6) is 0 Å². The molecular formula is C28H34N4O3. The molecule has 2 aromatic heterocycles. The third-order valence-electron chi connectivity index (χ3n) is 7.61. The van der Waals surface area contributed by atoms with E-state index in [9.17, 15) is 9.59 Å². The zero-order valence-corrected chi connectivity index (χ0v) is 20.8. The highest BCUT2D eigenvalue weighted by molar-refractivity contribution is 6.12. The molecule has 1 aliphatic heterocycles. The highest BCUT2D eigenvalue weighted by Gasteiger charge is 2.49. The maximum atomic E-state index is 14.0. The molecule has 5 rings (SSSR count). The summed E-state index contributed by atoms with van der Waals surface area (Å²) in [6, 6.07) is 11.4. The average molecular weight is 475 g/mol. The van der Waals surface area contributed by atoms with Crippen LogP contribution in [-0.2, 0) is 11.3 Å². The Hall–Kier alpha value is -3.35. The molecule has 1 aromatic carbocycles. The number of nitrogens with one attached hydrogen (secondary N) is 1. The fraction of sp³-hybridized carbons (Fsp3) is 0.464. The van der Waals surface area contributed by atoms with Gasteiger partial charge in [0.2, 0.25) is 5.91 Å². The number of amides is 2. The van der Waals surface area contributed by atoms with Crippen LogP contribution in [0.3, 0.4) is 0 Å². The highest BCUT2D eigenvalue weighted by atomic mass is 16.3. The van der Waals surface area contributed by atoms with E-state index in [-0.39, 0.29) is 24.4 Å². The third-order valence-corrected chi connectivity index (χ3v) is 7.61. The Bertz CT molecular complexity index is 1220. The Morgan fingerprint density at radius 3 is 2.49 bits per heavy atom. The number of rotatable bonds is 4. The first kappa shape index (κ1) is 23.4. The smallest absolute Gasteiger partial charge is 0.277 e. The summed E-state index contributed by atoms with van der Waals surface area (Å²) in [5.74, 6) is 0.230. The number of benzene rings is 1. The lowest BCUT2D eigenvalue weighted by molar-refractivity contribution is -0.127. The van der Waals surface area contributed by atoms with Crippen molar-refractivity contribution in [1.29, 1.82) is 0 Å². The minimum Gasteiger partial charge on any atom is -0.463 e. The minimum atomic E-state index is -1.12. The van der Waals surface area contributed by atoms with Crippen LogP contribution >= 0.6 is 0 Å². The van der Waals surface area contributed by atoms with Crippen LogP contribution in [0.1, 0.15) is 73.5 Å². The third kappa shape index (κ3) is 4.40. The molecule has 1 N–H and O–H groups in total. The Morgan fingerprint density at radius 1 is 1.06 bits per heavy atom. The molecule has 35 heavy (non-hydrogen) atoms. The second-order valence-electron chi connectivity index (χ2n) is 10.2. The second kappa shape index (κ2) is 9.36. The molecule has 1 atom stereocenters. The zero-order valence-electron chi connectivity index (χ0n) is 20.8. The van der Waals surface area contributed by atoms with Gasteiger partial charge in [-0.25, -0.2) is 0 Å². The van der Waals surface area contributed by atoms with Gasteiger partial charge in [-0.2, -0.15) is 5.10 Å². The minimum absolute atomic E-state index is 0.129. The maximum absolute atomic E-state index is 14.0. The summed E-state index contributed by atoms with van der Waals surface area (Å²) >= 11 is 0. The van der Waals surface area contributed by atoms with E-state index < -0.39 is 5.54 Å². The lowest BCUT2D eigenvalue weighted by Gasteiger charge is -2.44. The van der Waals surface area contributed by atoms with Crippen LogP contribution in [-0.4, -0.2) is 33.2 Å². The van der Waals surface area contributed by atoms with Crippen molar-refractivity contribution >= 4 is 17.5 Å². The average Bonchev–Trinajstić information content (AvgIpc) is 3.48. The van der Waals surface area contributed by atoms with Gasteiger partial charge in [0.05, 0.1) is 12.8 Å². The van der Waals surface area contributed by atoms with Crippen molar-refractivity contribution in [2.75, 3.05) is 4.90 Å². The van der Waals surface area contributed by atoms with Crippen molar-refractivity contribution in [1.82, 2.24) is 15.1 Å². The molecule has 1 saturated carbocycles. The number of anilines is 1. The Kier molecular flexibility index (Phi) is 6.26. The molecule has 0 bridgehead atoms. The number of aromatic nitrogens is 2. The van der Waals surface area contributed by atoms with Gasteiger partial charge in [0.15, 0.2) is 5.76 Å². The largest absolute Gasteiger partial charge is 0.463 e. The lowest BCUT2D eigenvalue weighted by Crippen LogP contribution is -2.65. The van der Waals surface area contributed by atoms with Crippen molar-refractivity contribution in [2.24, 2.45) is 0 Å². The summed E-state index contributed by atoms with van der Waals surface area (Å²) in [5, 5.41) is 7.97. The van der Waals surface area contributed by atoms with Crippen molar-refractivity contribution in [3.63, 3.8) is 0 Å². The van der Waals surface area contributed by atoms with Crippen molar-refractivity contribution in [2.45, 2.75) is 83.8 Å². The zero-order chi connectivity index (χ0) is 24.6. The van der Waals surface area contributed by atoms with Crippen LogP contribution in [0.15, 0.2) is 47.1 Å². The van der Waals surface area contributed by atoms with Crippen LogP contribution in [0.4, 0.5) is 5.69 Å². The van der Waals surface area contributed by atoms with Crippen molar-refractivity contribution < 1.29 is 14.0 Å². The SMILES string of the molecule is Cc1ccc(N2C(=O)c3cc(-c4ccco4)nn3C[C@@]2(C)C(=O)NC2CCCCCCC2)cc1C. The molecule has 184 valence electrons. The molecule has 0 spiro atoms. The quantitative estimate of drug-likeness (QED) is 0.548. The molecule has 7 heteroatoms. The van der Waals surface area contributed by atoms with E-state index in [0.717, 1.165) is 42.5 Å². The van der Waals surface area contributed by atoms with Gasteiger partial charge in [-0.1, -0.05) is 38.2 Å². The van der Waals surface area contributed by atoms with Crippen LogP contribution in [0.2, 0.25) is 0 Å². The summed E-state index contributed by atoms with van der Waals surface area (Å²) in [4.78, 5) is 29.6. The summed E-state index contributed by atoms with van der Waals surface area (Å²) in [6.07, 6.45) is 9.49. The number of fused-ring (bicyclic) bond motifs is 1. The van der Waals surface area contributed by atoms with E-state index in [2.05, 4.69) is 10.4 Å². The number of aryl methyl sites for hydroxylation is 2. The summed E-state index contributed by atoms with van der Waals surface area (Å²) in [6.45, 7) is 6.19. The predicted molar refractivity (Wildman–Crippen MR) is 135 cm³/mol. The van der Waals surface area contributed by atoms with Crippen molar-refractivity contribution in [3.8, 4) is 11.5 Å². The van der Waals surface area contributed by atoms with Gasteiger partial charge in [0.25, 0.3) is 5.91 Å². The van der Waals surface area contributed by atoms with Gasteiger partial charge in [-0.3, -0.25) is 19.2 Å². The monoisotopic (exact) mass is 474 g/mol. The van der Waals surface area contributed by atoms with Crippen molar-refractivity contribution in [3.05, 3.63) is 59.5 Å². The van der Waals surface area contributed by atoms with Crippen LogP contribution < -0.4 is 10.2 Å². The van der Waals surface area contributed by atoms with Crippen LogP contribution in [0, 0.1) is 13.8 Å². The Balaban J connectivity index is 1.54. The van der Waals surface area contributed by atoms with Gasteiger partial charge in [-0.15, -0.1) is 0 Å². The van der Waals surface area contributed by atoms with E-state index in [1.165, 1.54) is 19.3 Å². The first-order chi connectivity index (χ1) is 16.9. The molecule has 0 unspecified atom stereocenters. The fourth-order valence-electron chi connectivity index (χ4n) is 5.34. The number of hydrogen-bond donors (Lipinski definition) is 1. The molecule has 1 aliphatic carbocycles. The molecule has 1 fully saturated rings.